The number of ether oxygens (including phenoxy) is 1. The third kappa shape index (κ3) is 2.48. The van der Waals surface area contributed by atoms with Gasteiger partial charge in [-0.15, -0.1) is 5.10 Å². The first kappa shape index (κ1) is 15.5. The van der Waals surface area contributed by atoms with Gasteiger partial charge in [-0.3, -0.25) is 0 Å². The summed E-state index contributed by atoms with van der Waals surface area (Å²) in [6.45, 7) is 3.04. The van der Waals surface area contributed by atoms with Crippen molar-refractivity contribution in [1.29, 1.82) is 0 Å². The summed E-state index contributed by atoms with van der Waals surface area (Å²) >= 11 is 6.10. The van der Waals surface area contributed by atoms with E-state index < -0.39 is 5.76 Å². The molecule has 2 bridgehead atoms. The normalized spacial score (nSPS) is 25.8. The van der Waals surface area contributed by atoms with Crippen LogP contribution in [-0.4, -0.2) is 41.4 Å². The standard InChI is InChI=1S/C16H19ClN4O3/c1-23-14-7-12(18)11(17)6-10(14)15-19-21(16(22)24-15)13-8-20-4-2-9(13)3-5-20/h6-7,9,13H,2-5,8,18H2,1H3. The summed E-state index contributed by atoms with van der Waals surface area (Å²) in [4.78, 5) is 14.7. The Morgan fingerprint density at radius 3 is 2.75 bits per heavy atom. The Morgan fingerprint density at radius 2 is 2.12 bits per heavy atom. The van der Waals surface area contributed by atoms with Crippen molar-refractivity contribution in [1.82, 2.24) is 14.7 Å². The van der Waals surface area contributed by atoms with Gasteiger partial charge in [0.15, 0.2) is 0 Å². The minimum Gasteiger partial charge on any atom is -0.496 e. The lowest BCUT2D eigenvalue weighted by molar-refractivity contribution is 0.0482. The molecule has 1 aromatic heterocycles. The average molecular weight is 351 g/mol. The summed E-state index contributed by atoms with van der Waals surface area (Å²) < 4.78 is 12.2. The first-order valence-electron chi connectivity index (χ1n) is 8.02. The van der Waals surface area contributed by atoms with Crippen molar-refractivity contribution in [2.75, 3.05) is 32.5 Å². The Labute approximate surface area is 143 Å². The second-order valence-electron chi connectivity index (χ2n) is 6.40. The molecule has 3 fully saturated rings. The highest BCUT2D eigenvalue weighted by Gasteiger charge is 2.37. The van der Waals surface area contributed by atoms with Crippen LogP contribution in [0.3, 0.4) is 0 Å². The van der Waals surface area contributed by atoms with E-state index in [1.165, 1.54) is 11.8 Å². The number of methoxy groups -OCH3 is 1. The molecule has 1 unspecified atom stereocenters. The summed E-state index contributed by atoms with van der Waals surface area (Å²) in [5.74, 6) is 0.704. The van der Waals surface area contributed by atoms with Crippen LogP contribution in [0, 0.1) is 5.92 Å². The van der Waals surface area contributed by atoms with Gasteiger partial charge in [-0.25, -0.2) is 4.79 Å². The van der Waals surface area contributed by atoms with Gasteiger partial charge in [0.05, 0.1) is 29.4 Å². The van der Waals surface area contributed by atoms with E-state index in [2.05, 4.69) is 10.00 Å². The first-order chi connectivity index (χ1) is 11.6. The van der Waals surface area contributed by atoms with E-state index in [0.717, 1.165) is 32.5 Å². The van der Waals surface area contributed by atoms with E-state index in [-0.39, 0.29) is 11.9 Å². The molecule has 0 saturated carbocycles. The van der Waals surface area contributed by atoms with Crippen molar-refractivity contribution in [3.8, 4) is 17.2 Å². The van der Waals surface area contributed by atoms with Crippen molar-refractivity contribution in [3.63, 3.8) is 0 Å². The molecule has 0 radical (unpaired) electrons. The number of fused-ring (bicyclic) bond motifs is 3. The van der Waals surface area contributed by atoms with Gasteiger partial charge in [0.2, 0.25) is 0 Å². The molecule has 7 nitrogen and oxygen atoms in total. The molecule has 3 aliphatic rings. The lowest BCUT2D eigenvalue weighted by Gasteiger charge is -2.43. The lowest BCUT2D eigenvalue weighted by atomic mass is 9.84. The van der Waals surface area contributed by atoms with Crippen LogP contribution in [-0.2, 0) is 0 Å². The number of halogens is 1. The zero-order chi connectivity index (χ0) is 16.8. The van der Waals surface area contributed by atoms with E-state index >= 15 is 0 Å². The quantitative estimate of drug-likeness (QED) is 0.852. The molecule has 2 N–H and O–H groups in total. The molecule has 0 amide bonds. The third-order valence-corrected chi connectivity index (χ3v) is 5.38. The first-order valence-corrected chi connectivity index (χ1v) is 8.40. The molecular formula is C16H19ClN4O3. The van der Waals surface area contributed by atoms with Crippen LogP contribution < -0.4 is 16.2 Å². The fourth-order valence-electron chi connectivity index (χ4n) is 3.72. The van der Waals surface area contributed by atoms with Gasteiger partial charge in [0.1, 0.15) is 5.75 Å². The minimum atomic E-state index is -0.446. The predicted molar refractivity (Wildman–Crippen MR) is 90.4 cm³/mol. The Hall–Kier alpha value is -1.99. The minimum absolute atomic E-state index is 0.0627. The molecular weight excluding hydrogens is 332 g/mol. The number of hydrogen-bond acceptors (Lipinski definition) is 6. The summed E-state index contributed by atoms with van der Waals surface area (Å²) in [6, 6.07) is 3.28. The number of anilines is 1. The van der Waals surface area contributed by atoms with Crippen molar-refractivity contribution in [3.05, 3.63) is 27.7 Å². The van der Waals surface area contributed by atoms with Crippen molar-refractivity contribution < 1.29 is 9.15 Å². The van der Waals surface area contributed by atoms with E-state index in [4.69, 9.17) is 26.5 Å². The van der Waals surface area contributed by atoms with E-state index in [0.29, 0.717) is 27.9 Å². The second kappa shape index (κ2) is 5.82. The summed E-state index contributed by atoms with van der Waals surface area (Å²) in [6.07, 6.45) is 2.19. The molecule has 5 rings (SSSR count). The van der Waals surface area contributed by atoms with Crippen molar-refractivity contribution in [2.45, 2.75) is 18.9 Å². The van der Waals surface area contributed by atoms with E-state index in [1.807, 2.05) is 0 Å². The van der Waals surface area contributed by atoms with Crippen molar-refractivity contribution in [2.24, 2.45) is 5.92 Å². The highest BCUT2D eigenvalue weighted by Crippen LogP contribution is 2.37. The maximum atomic E-state index is 12.4. The van der Waals surface area contributed by atoms with Gasteiger partial charge in [-0.05, 0) is 37.9 Å². The topological polar surface area (TPSA) is 86.5 Å². The summed E-state index contributed by atoms with van der Waals surface area (Å²) in [7, 11) is 1.52. The maximum absolute atomic E-state index is 12.4. The fourth-order valence-corrected chi connectivity index (χ4v) is 3.89. The molecule has 2 aromatic rings. The molecule has 0 aliphatic carbocycles. The van der Waals surface area contributed by atoms with Gasteiger partial charge in [0, 0.05) is 12.6 Å². The Bertz CT molecular complexity index is 823. The number of hydrogen-bond donors (Lipinski definition) is 1. The number of rotatable bonds is 3. The molecule has 3 saturated heterocycles. The summed E-state index contributed by atoms with van der Waals surface area (Å²) in [5, 5.41) is 4.80. The predicted octanol–water partition coefficient (Wildman–Crippen LogP) is 2.01. The molecule has 0 spiro atoms. The Balaban J connectivity index is 1.74. The molecule has 1 atom stereocenters. The molecule has 128 valence electrons. The highest BCUT2D eigenvalue weighted by molar-refractivity contribution is 6.33. The Kier molecular flexibility index (Phi) is 3.77. The number of piperidine rings is 3. The highest BCUT2D eigenvalue weighted by atomic mass is 35.5. The van der Waals surface area contributed by atoms with Crippen LogP contribution in [0.5, 0.6) is 5.75 Å². The van der Waals surface area contributed by atoms with Crippen LogP contribution >= 0.6 is 11.6 Å². The number of nitrogens with zero attached hydrogens (tertiary/aromatic N) is 3. The van der Waals surface area contributed by atoms with Crippen LogP contribution in [0.1, 0.15) is 18.9 Å². The number of benzene rings is 1. The van der Waals surface area contributed by atoms with Crippen LogP contribution in [0.4, 0.5) is 5.69 Å². The second-order valence-corrected chi connectivity index (χ2v) is 6.80. The molecule has 24 heavy (non-hydrogen) atoms. The maximum Gasteiger partial charge on any atom is 0.437 e. The van der Waals surface area contributed by atoms with Gasteiger partial charge >= 0.3 is 5.76 Å². The SMILES string of the molecule is COc1cc(N)c(Cl)cc1-c1nn(C2CN3CCC2CC3)c(=O)o1. The molecule has 3 aliphatic heterocycles. The molecule has 1 aromatic carbocycles. The molecule has 4 heterocycles. The Morgan fingerprint density at radius 1 is 1.38 bits per heavy atom. The number of nitrogens with two attached hydrogens (primary N) is 1. The van der Waals surface area contributed by atoms with Crippen molar-refractivity contribution >= 4 is 17.3 Å². The third-order valence-electron chi connectivity index (χ3n) is 5.05. The zero-order valence-electron chi connectivity index (χ0n) is 13.4. The number of nitrogen functional groups attached to an aromatic ring is 1. The summed E-state index contributed by atoms with van der Waals surface area (Å²) in [5.41, 5.74) is 6.72. The largest absolute Gasteiger partial charge is 0.496 e. The smallest absolute Gasteiger partial charge is 0.437 e. The monoisotopic (exact) mass is 350 g/mol. The van der Waals surface area contributed by atoms with E-state index in [9.17, 15) is 4.79 Å². The molecule has 8 heteroatoms. The van der Waals surface area contributed by atoms with E-state index in [1.54, 1.807) is 12.1 Å². The van der Waals surface area contributed by atoms with Crippen LogP contribution in [0.25, 0.3) is 11.5 Å². The average Bonchev–Trinajstić information content (AvgIpc) is 2.99. The fraction of sp³-hybridized carbons (Fsp3) is 0.500. The van der Waals surface area contributed by atoms with Gasteiger partial charge in [-0.2, -0.15) is 4.68 Å². The van der Waals surface area contributed by atoms with Gasteiger partial charge in [-0.1, -0.05) is 11.6 Å². The lowest BCUT2D eigenvalue weighted by Crippen LogP contribution is -2.49. The zero-order valence-corrected chi connectivity index (χ0v) is 14.1. The van der Waals surface area contributed by atoms with Gasteiger partial charge < -0.3 is 19.8 Å². The van der Waals surface area contributed by atoms with Crippen LogP contribution in [0.15, 0.2) is 21.3 Å². The number of aromatic nitrogens is 2. The van der Waals surface area contributed by atoms with Gasteiger partial charge in [0.25, 0.3) is 5.89 Å². The van der Waals surface area contributed by atoms with Crippen LogP contribution in [0.2, 0.25) is 5.02 Å².